The summed E-state index contributed by atoms with van der Waals surface area (Å²) in [7, 11) is 0. The number of amides is 1. The third-order valence-corrected chi connectivity index (χ3v) is 2.42. The van der Waals surface area contributed by atoms with Crippen LogP contribution in [0.15, 0.2) is 24.3 Å². The van der Waals surface area contributed by atoms with Gasteiger partial charge in [0.25, 0.3) is 5.91 Å². The molecule has 0 heterocycles. The zero-order chi connectivity index (χ0) is 12.0. The van der Waals surface area contributed by atoms with Crippen molar-refractivity contribution in [2.75, 3.05) is 6.61 Å². The van der Waals surface area contributed by atoms with Crippen LogP contribution < -0.4 is 10.1 Å². The Morgan fingerprint density at radius 1 is 1.56 bits per heavy atom. The lowest BCUT2D eigenvalue weighted by atomic mass is 10.2. The third kappa shape index (κ3) is 4.53. The molecule has 0 fully saturated rings. The van der Waals surface area contributed by atoms with Crippen LogP contribution in [0.1, 0.15) is 20.3 Å². The Balaban J connectivity index is 2.37. The molecule has 0 radical (unpaired) electrons. The van der Waals surface area contributed by atoms with E-state index in [1.54, 1.807) is 24.3 Å². The van der Waals surface area contributed by atoms with Crippen LogP contribution in [0.25, 0.3) is 0 Å². The molecule has 16 heavy (non-hydrogen) atoms. The summed E-state index contributed by atoms with van der Waals surface area (Å²) in [4.78, 5) is 11.4. The van der Waals surface area contributed by atoms with E-state index in [1.807, 2.05) is 13.8 Å². The molecule has 1 amide bonds. The van der Waals surface area contributed by atoms with Crippen LogP contribution in [0.3, 0.4) is 0 Å². The quantitative estimate of drug-likeness (QED) is 0.861. The zero-order valence-electron chi connectivity index (χ0n) is 9.50. The minimum Gasteiger partial charge on any atom is -0.484 e. The van der Waals surface area contributed by atoms with Crippen LogP contribution in [0.4, 0.5) is 0 Å². The highest BCUT2D eigenvalue weighted by molar-refractivity contribution is 6.30. The van der Waals surface area contributed by atoms with Gasteiger partial charge in [0.2, 0.25) is 0 Å². The van der Waals surface area contributed by atoms with Gasteiger partial charge >= 0.3 is 0 Å². The van der Waals surface area contributed by atoms with Crippen molar-refractivity contribution in [1.82, 2.24) is 5.32 Å². The Hall–Kier alpha value is -1.22. The zero-order valence-corrected chi connectivity index (χ0v) is 10.3. The van der Waals surface area contributed by atoms with E-state index >= 15 is 0 Å². The monoisotopic (exact) mass is 241 g/mol. The number of hydrogen-bond acceptors (Lipinski definition) is 2. The molecule has 0 aliphatic rings. The Kier molecular flexibility index (Phi) is 5.12. The Bertz CT molecular complexity index is 355. The van der Waals surface area contributed by atoms with Crippen molar-refractivity contribution in [2.45, 2.75) is 26.3 Å². The largest absolute Gasteiger partial charge is 0.484 e. The maximum Gasteiger partial charge on any atom is 0.258 e. The number of ether oxygens (including phenoxy) is 1. The Labute approximate surface area is 101 Å². The molecule has 0 saturated heterocycles. The smallest absolute Gasteiger partial charge is 0.258 e. The number of carbonyl (C=O) groups excluding carboxylic acids is 1. The first-order valence-corrected chi connectivity index (χ1v) is 5.67. The second-order valence-corrected chi connectivity index (χ2v) is 4.06. The lowest BCUT2D eigenvalue weighted by Crippen LogP contribution is -2.35. The van der Waals surface area contributed by atoms with E-state index in [0.717, 1.165) is 6.42 Å². The summed E-state index contributed by atoms with van der Waals surface area (Å²) in [5.74, 6) is 0.487. The topological polar surface area (TPSA) is 38.3 Å². The lowest BCUT2D eigenvalue weighted by Gasteiger charge is -2.12. The van der Waals surface area contributed by atoms with E-state index in [0.29, 0.717) is 10.8 Å². The molecule has 1 aromatic carbocycles. The molecule has 1 rings (SSSR count). The van der Waals surface area contributed by atoms with Crippen molar-refractivity contribution in [3.05, 3.63) is 29.3 Å². The number of halogens is 1. The first-order chi connectivity index (χ1) is 7.61. The molecule has 0 bridgehead atoms. The third-order valence-electron chi connectivity index (χ3n) is 2.19. The van der Waals surface area contributed by atoms with Gasteiger partial charge in [-0.25, -0.2) is 0 Å². The standard InChI is InChI=1S/C12H16ClNO2/c1-3-9(2)14-12(15)8-16-11-6-4-5-10(13)7-11/h4-7,9H,3,8H2,1-2H3,(H,14,15)/t9-/m0/s1. The van der Waals surface area contributed by atoms with E-state index in [4.69, 9.17) is 16.3 Å². The highest BCUT2D eigenvalue weighted by Crippen LogP contribution is 2.16. The minimum absolute atomic E-state index is 0.0185. The van der Waals surface area contributed by atoms with Crippen molar-refractivity contribution < 1.29 is 9.53 Å². The van der Waals surface area contributed by atoms with Crippen LogP contribution in [-0.2, 0) is 4.79 Å². The number of carbonyl (C=O) groups is 1. The van der Waals surface area contributed by atoms with Crippen molar-refractivity contribution in [3.63, 3.8) is 0 Å². The molecule has 0 saturated carbocycles. The summed E-state index contributed by atoms with van der Waals surface area (Å²) in [6.45, 7) is 3.99. The highest BCUT2D eigenvalue weighted by Gasteiger charge is 2.06. The van der Waals surface area contributed by atoms with E-state index in [9.17, 15) is 4.79 Å². The summed E-state index contributed by atoms with van der Waals surface area (Å²) in [5, 5.41) is 3.41. The van der Waals surface area contributed by atoms with Gasteiger partial charge in [0.15, 0.2) is 6.61 Å². The number of hydrogen-bond donors (Lipinski definition) is 1. The highest BCUT2D eigenvalue weighted by atomic mass is 35.5. The molecule has 0 unspecified atom stereocenters. The van der Waals surface area contributed by atoms with Gasteiger partial charge in [0, 0.05) is 11.1 Å². The first kappa shape index (κ1) is 12.8. The van der Waals surface area contributed by atoms with Gasteiger partial charge in [-0.1, -0.05) is 24.6 Å². The number of benzene rings is 1. The fraction of sp³-hybridized carbons (Fsp3) is 0.417. The summed E-state index contributed by atoms with van der Waals surface area (Å²) in [6, 6.07) is 7.16. The van der Waals surface area contributed by atoms with Crippen molar-refractivity contribution in [3.8, 4) is 5.75 Å². The maximum absolute atomic E-state index is 11.4. The van der Waals surface area contributed by atoms with Crippen LogP contribution in [0, 0.1) is 0 Å². The van der Waals surface area contributed by atoms with Crippen LogP contribution in [0.2, 0.25) is 5.02 Å². The van der Waals surface area contributed by atoms with Gasteiger partial charge in [-0.15, -0.1) is 0 Å². The maximum atomic E-state index is 11.4. The molecule has 4 heteroatoms. The fourth-order valence-electron chi connectivity index (χ4n) is 1.12. The van der Waals surface area contributed by atoms with Crippen molar-refractivity contribution in [1.29, 1.82) is 0 Å². The molecule has 3 nitrogen and oxygen atoms in total. The van der Waals surface area contributed by atoms with Gasteiger partial charge in [0.05, 0.1) is 0 Å². The minimum atomic E-state index is -0.116. The fourth-order valence-corrected chi connectivity index (χ4v) is 1.30. The summed E-state index contributed by atoms with van der Waals surface area (Å²) in [6.07, 6.45) is 0.906. The van der Waals surface area contributed by atoms with E-state index in [2.05, 4.69) is 5.32 Å². The molecule has 1 atom stereocenters. The predicted molar refractivity (Wildman–Crippen MR) is 64.8 cm³/mol. The normalized spacial score (nSPS) is 11.9. The molecule has 88 valence electrons. The summed E-state index contributed by atoms with van der Waals surface area (Å²) < 4.78 is 5.30. The van der Waals surface area contributed by atoms with Gasteiger partial charge in [-0.3, -0.25) is 4.79 Å². The molecular weight excluding hydrogens is 226 g/mol. The average Bonchev–Trinajstić information content (AvgIpc) is 2.26. The van der Waals surface area contributed by atoms with Gasteiger partial charge in [0.1, 0.15) is 5.75 Å². The SMILES string of the molecule is CC[C@H](C)NC(=O)COc1cccc(Cl)c1. The Morgan fingerprint density at radius 3 is 2.94 bits per heavy atom. The van der Waals surface area contributed by atoms with Gasteiger partial charge in [-0.2, -0.15) is 0 Å². The molecular formula is C12H16ClNO2. The number of nitrogens with one attached hydrogen (secondary N) is 1. The number of rotatable bonds is 5. The molecule has 0 aliphatic carbocycles. The van der Waals surface area contributed by atoms with Crippen LogP contribution in [-0.4, -0.2) is 18.6 Å². The second-order valence-electron chi connectivity index (χ2n) is 3.62. The molecule has 1 aromatic rings. The second kappa shape index (κ2) is 6.38. The summed E-state index contributed by atoms with van der Waals surface area (Å²) >= 11 is 5.79. The first-order valence-electron chi connectivity index (χ1n) is 5.29. The predicted octanol–water partition coefficient (Wildman–Crippen LogP) is 2.63. The van der Waals surface area contributed by atoms with E-state index in [-0.39, 0.29) is 18.6 Å². The molecule has 0 spiro atoms. The van der Waals surface area contributed by atoms with E-state index in [1.165, 1.54) is 0 Å². The lowest BCUT2D eigenvalue weighted by molar-refractivity contribution is -0.123. The summed E-state index contributed by atoms with van der Waals surface area (Å²) in [5.41, 5.74) is 0. The molecule has 0 aromatic heterocycles. The van der Waals surface area contributed by atoms with Gasteiger partial charge < -0.3 is 10.1 Å². The van der Waals surface area contributed by atoms with Crippen LogP contribution in [0.5, 0.6) is 5.75 Å². The van der Waals surface area contributed by atoms with Crippen molar-refractivity contribution >= 4 is 17.5 Å². The van der Waals surface area contributed by atoms with Crippen LogP contribution >= 0.6 is 11.6 Å². The molecule has 0 aliphatic heterocycles. The van der Waals surface area contributed by atoms with E-state index < -0.39 is 0 Å². The Morgan fingerprint density at radius 2 is 2.31 bits per heavy atom. The molecule has 1 N–H and O–H groups in total. The average molecular weight is 242 g/mol. The van der Waals surface area contributed by atoms with Crippen molar-refractivity contribution in [2.24, 2.45) is 0 Å². The van der Waals surface area contributed by atoms with Gasteiger partial charge in [-0.05, 0) is 31.5 Å².